The molecule has 0 aliphatic heterocycles. The Balaban J connectivity index is 1.75. The first-order valence-electron chi connectivity index (χ1n) is 8.44. The van der Waals surface area contributed by atoms with Crippen LogP contribution in [0.3, 0.4) is 0 Å². The lowest BCUT2D eigenvalue weighted by molar-refractivity contribution is 0.415. The highest BCUT2D eigenvalue weighted by molar-refractivity contribution is 7.80. The number of hydrogen-bond donors (Lipinski definition) is 2. The molecule has 0 spiro atoms. The van der Waals surface area contributed by atoms with Gasteiger partial charge in [0.15, 0.2) is 5.11 Å². The van der Waals surface area contributed by atoms with Gasteiger partial charge in [0.25, 0.3) is 0 Å². The smallest absolute Gasteiger partial charge is 0.170 e. The van der Waals surface area contributed by atoms with Crippen LogP contribution in [0.1, 0.15) is 63.9 Å². The molecule has 0 saturated heterocycles. The van der Waals surface area contributed by atoms with E-state index in [1.54, 1.807) is 0 Å². The molecule has 0 aromatic heterocycles. The molecule has 0 amide bonds. The molecule has 21 heavy (non-hydrogen) atoms. The lowest BCUT2D eigenvalue weighted by atomic mass is 9.96. The quantitative estimate of drug-likeness (QED) is 0.569. The van der Waals surface area contributed by atoms with Crippen molar-refractivity contribution in [2.24, 2.45) is 0 Å². The number of benzene rings is 1. The standard InChI is InChI=1S/C18H28N2S/c1-2-3-5-8-15-11-13-17(14-12-15)20-18(21)19-16-9-6-4-7-10-16/h11-14,16H,2-10H2,1H3,(H2,19,20,21). The molecular weight excluding hydrogens is 276 g/mol. The fraction of sp³-hybridized carbons (Fsp3) is 0.611. The van der Waals surface area contributed by atoms with Gasteiger partial charge >= 0.3 is 0 Å². The highest BCUT2D eigenvalue weighted by atomic mass is 32.1. The van der Waals surface area contributed by atoms with E-state index in [4.69, 9.17) is 12.2 Å². The first-order valence-corrected chi connectivity index (χ1v) is 8.85. The maximum atomic E-state index is 5.41. The molecule has 0 heterocycles. The molecular formula is C18H28N2S. The van der Waals surface area contributed by atoms with Gasteiger partial charge in [-0.1, -0.05) is 51.2 Å². The first kappa shape index (κ1) is 16.3. The third kappa shape index (κ3) is 6.04. The molecule has 0 unspecified atom stereocenters. The fourth-order valence-corrected chi connectivity index (χ4v) is 3.22. The molecule has 2 rings (SSSR count). The maximum Gasteiger partial charge on any atom is 0.170 e. The van der Waals surface area contributed by atoms with Crippen molar-refractivity contribution < 1.29 is 0 Å². The third-order valence-electron chi connectivity index (χ3n) is 4.22. The summed E-state index contributed by atoms with van der Waals surface area (Å²) in [7, 11) is 0. The molecule has 1 aliphatic carbocycles. The zero-order valence-corrected chi connectivity index (χ0v) is 14.0. The van der Waals surface area contributed by atoms with Crippen molar-refractivity contribution in [2.75, 3.05) is 5.32 Å². The minimum Gasteiger partial charge on any atom is -0.360 e. The van der Waals surface area contributed by atoms with E-state index in [0.717, 1.165) is 10.8 Å². The summed E-state index contributed by atoms with van der Waals surface area (Å²) in [6.07, 6.45) is 11.6. The fourth-order valence-electron chi connectivity index (χ4n) is 2.93. The van der Waals surface area contributed by atoms with Crippen molar-refractivity contribution in [3.8, 4) is 0 Å². The van der Waals surface area contributed by atoms with Gasteiger partial charge in [-0.3, -0.25) is 0 Å². The number of nitrogens with one attached hydrogen (secondary N) is 2. The Labute approximate surface area is 134 Å². The SMILES string of the molecule is CCCCCc1ccc(NC(=S)NC2CCCCC2)cc1. The van der Waals surface area contributed by atoms with Crippen LogP contribution in [0.15, 0.2) is 24.3 Å². The predicted octanol–water partition coefficient (Wildman–Crippen LogP) is 5.04. The summed E-state index contributed by atoms with van der Waals surface area (Å²) >= 11 is 5.41. The molecule has 1 aromatic carbocycles. The summed E-state index contributed by atoms with van der Waals surface area (Å²) in [5, 5.41) is 7.51. The summed E-state index contributed by atoms with van der Waals surface area (Å²) in [6, 6.07) is 9.25. The van der Waals surface area contributed by atoms with Crippen molar-refractivity contribution in [2.45, 2.75) is 70.8 Å². The summed E-state index contributed by atoms with van der Waals surface area (Å²) in [5.74, 6) is 0. The number of rotatable bonds is 6. The van der Waals surface area contributed by atoms with E-state index in [2.05, 4.69) is 41.8 Å². The second kappa shape index (κ2) is 9.04. The van der Waals surface area contributed by atoms with Gasteiger partial charge in [0, 0.05) is 11.7 Å². The van der Waals surface area contributed by atoms with Crippen LogP contribution in [-0.2, 0) is 6.42 Å². The minimum atomic E-state index is 0.562. The molecule has 2 nitrogen and oxygen atoms in total. The molecule has 0 radical (unpaired) electrons. The number of aryl methyl sites for hydroxylation is 1. The Bertz CT molecular complexity index is 421. The Morgan fingerprint density at radius 3 is 2.48 bits per heavy atom. The van der Waals surface area contributed by atoms with Crippen molar-refractivity contribution >= 4 is 23.0 Å². The van der Waals surface area contributed by atoms with E-state index in [9.17, 15) is 0 Å². The molecule has 1 saturated carbocycles. The zero-order valence-electron chi connectivity index (χ0n) is 13.2. The molecule has 0 bridgehead atoms. The van der Waals surface area contributed by atoms with Crippen LogP contribution in [0, 0.1) is 0 Å². The molecule has 0 atom stereocenters. The van der Waals surface area contributed by atoms with E-state index in [0.29, 0.717) is 6.04 Å². The van der Waals surface area contributed by atoms with Crippen LogP contribution in [0.4, 0.5) is 5.69 Å². The highest BCUT2D eigenvalue weighted by Gasteiger charge is 2.13. The second-order valence-electron chi connectivity index (χ2n) is 6.09. The van der Waals surface area contributed by atoms with Crippen molar-refractivity contribution in [3.63, 3.8) is 0 Å². The Morgan fingerprint density at radius 2 is 1.81 bits per heavy atom. The van der Waals surface area contributed by atoms with Gasteiger partial charge < -0.3 is 10.6 Å². The monoisotopic (exact) mass is 304 g/mol. The maximum absolute atomic E-state index is 5.41. The van der Waals surface area contributed by atoms with Gasteiger partial charge in [0.1, 0.15) is 0 Å². The lowest BCUT2D eigenvalue weighted by Gasteiger charge is -2.24. The zero-order chi connectivity index (χ0) is 14.9. The number of thiocarbonyl (C=S) groups is 1. The van der Waals surface area contributed by atoms with Crippen LogP contribution in [0.2, 0.25) is 0 Å². The van der Waals surface area contributed by atoms with E-state index < -0.39 is 0 Å². The molecule has 1 aliphatic rings. The van der Waals surface area contributed by atoms with Gasteiger partial charge in [-0.15, -0.1) is 0 Å². The van der Waals surface area contributed by atoms with E-state index >= 15 is 0 Å². The van der Waals surface area contributed by atoms with Crippen LogP contribution in [-0.4, -0.2) is 11.2 Å². The normalized spacial score (nSPS) is 15.7. The van der Waals surface area contributed by atoms with E-state index in [1.807, 2.05) is 0 Å². The molecule has 3 heteroatoms. The topological polar surface area (TPSA) is 24.1 Å². The summed E-state index contributed by atoms with van der Waals surface area (Å²) in [6.45, 7) is 2.24. The summed E-state index contributed by atoms with van der Waals surface area (Å²) in [5.41, 5.74) is 2.50. The number of unbranched alkanes of at least 4 members (excludes halogenated alkanes) is 2. The molecule has 116 valence electrons. The average Bonchev–Trinajstić information content (AvgIpc) is 2.50. The lowest BCUT2D eigenvalue weighted by Crippen LogP contribution is -2.38. The third-order valence-corrected chi connectivity index (χ3v) is 4.44. The van der Waals surface area contributed by atoms with Crippen LogP contribution in [0.25, 0.3) is 0 Å². The Morgan fingerprint density at radius 1 is 1.10 bits per heavy atom. The first-order chi connectivity index (χ1) is 10.3. The number of anilines is 1. The average molecular weight is 305 g/mol. The largest absolute Gasteiger partial charge is 0.360 e. The van der Waals surface area contributed by atoms with E-state index in [-0.39, 0.29) is 0 Å². The molecule has 2 N–H and O–H groups in total. The predicted molar refractivity (Wildman–Crippen MR) is 95.9 cm³/mol. The van der Waals surface area contributed by atoms with Gasteiger partial charge in [0.2, 0.25) is 0 Å². The van der Waals surface area contributed by atoms with E-state index in [1.165, 1.54) is 63.4 Å². The number of hydrogen-bond acceptors (Lipinski definition) is 1. The van der Waals surface area contributed by atoms with Gasteiger partial charge in [0.05, 0.1) is 0 Å². The summed E-state index contributed by atoms with van der Waals surface area (Å²) in [4.78, 5) is 0. The Hall–Kier alpha value is -1.09. The van der Waals surface area contributed by atoms with Gasteiger partial charge in [-0.25, -0.2) is 0 Å². The van der Waals surface area contributed by atoms with Crippen LogP contribution >= 0.6 is 12.2 Å². The van der Waals surface area contributed by atoms with Gasteiger partial charge in [-0.2, -0.15) is 0 Å². The second-order valence-corrected chi connectivity index (χ2v) is 6.50. The van der Waals surface area contributed by atoms with Crippen molar-refractivity contribution in [1.29, 1.82) is 0 Å². The van der Waals surface area contributed by atoms with Gasteiger partial charge in [-0.05, 0) is 55.6 Å². The van der Waals surface area contributed by atoms with Crippen molar-refractivity contribution in [3.05, 3.63) is 29.8 Å². The van der Waals surface area contributed by atoms with Crippen LogP contribution < -0.4 is 10.6 Å². The highest BCUT2D eigenvalue weighted by Crippen LogP contribution is 2.18. The molecule has 1 fully saturated rings. The Kier molecular flexibility index (Phi) is 7.01. The minimum absolute atomic E-state index is 0.562. The summed E-state index contributed by atoms with van der Waals surface area (Å²) < 4.78 is 0. The van der Waals surface area contributed by atoms with Crippen molar-refractivity contribution in [1.82, 2.24) is 5.32 Å². The molecule has 1 aromatic rings. The van der Waals surface area contributed by atoms with Crippen LogP contribution in [0.5, 0.6) is 0 Å².